The summed E-state index contributed by atoms with van der Waals surface area (Å²) in [7, 11) is 1.96. The largest absolute Gasteiger partial charge is 0.330 e. The third-order valence-electron chi connectivity index (χ3n) is 4.78. The number of carbonyl (C=O) groups excluding carboxylic acids is 1. The number of nitrogens with zero attached hydrogens (tertiary/aromatic N) is 4. The van der Waals surface area contributed by atoms with Crippen LogP contribution in [0.25, 0.3) is 0 Å². The van der Waals surface area contributed by atoms with E-state index in [0.29, 0.717) is 5.69 Å². The molecule has 1 saturated heterocycles. The van der Waals surface area contributed by atoms with Gasteiger partial charge in [0, 0.05) is 30.5 Å². The molecule has 6 heteroatoms. The van der Waals surface area contributed by atoms with Crippen LogP contribution in [-0.4, -0.2) is 37.3 Å². The van der Waals surface area contributed by atoms with Crippen LogP contribution in [0.2, 0.25) is 0 Å². The number of carbonyl (C=O) groups is 1. The third kappa shape index (κ3) is 2.78. The Kier molecular flexibility index (Phi) is 4.24. The first-order chi connectivity index (χ1) is 11.0. The van der Waals surface area contributed by atoms with Crippen LogP contribution in [0.15, 0.2) is 6.07 Å². The number of rotatable bonds is 4. The molecule has 1 atom stereocenters. The Morgan fingerprint density at radius 3 is 2.87 bits per heavy atom. The lowest BCUT2D eigenvalue weighted by Gasteiger charge is -2.24. The predicted octanol–water partition coefficient (Wildman–Crippen LogP) is 2.69. The molecule has 1 aliphatic heterocycles. The molecule has 6 nitrogen and oxygen atoms in total. The zero-order chi connectivity index (χ0) is 16.6. The van der Waals surface area contributed by atoms with E-state index in [1.165, 1.54) is 5.56 Å². The maximum atomic E-state index is 12.9. The van der Waals surface area contributed by atoms with Crippen molar-refractivity contribution in [2.75, 3.05) is 6.54 Å². The molecule has 0 radical (unpaired) electrons. The summed E-state index contributed by atoms with van der Waals surface area (Å²) in [5.74, 6) is 0.0220. The monoisotopic (exact) mass is 315 g/mol. The molecule has 0 spiro atoms. The van der Waals surface area contributed by atoms with Gasteiger partial charge in [-0.3, -0.25) is 14.6 Å². The third-order valence-corrected chi connectivity index (χ3v) is 4.78. The fourth-order valence-electron chi connectivity index (χ4n) is 3.60. The van der Waals surface area contributed by atoms with Gasteiger partial charge in [0.2, 0.25) is 0 Å². The molecular weight excluding hydrogens is 290 g/mol. The maximum absolute atomic E-state index is 12.9. The van der Waals surface area contributed by atoms with Gasteiger partial charge < -0.3 is 4.90 Å². The van der Waals surface area contributed by atoms with Gasteiger partial charge in [-0.25, -0.2) is 0 Å². The lowest BCUT2D eigenvalue weighted by atomic mass is 10.0. The molecule has 2 aromatic rings. The summed E-state index contributed by atoms with van der Waals surface area (Å²) in [6, 6.07) is 2.01. The second-order valence-electron chi connectivity index (χ2n) is 6.39. The fourth-order valence-corrected chi connectivity index (χ4v) is 3.60. The highest BCUT2D eigenvalue weighted by atomic mass is 16.2. The molecule has 23 heavy (non-hydrogen) atoms. The molecule has 0 aromatic carbocycles. The number of aromatic nitrogens is 4. The van der Waals surface area contributed by atoms with Crippen molar-refractivity contribution in [2.45, 2.75) is 52.5 Å². The molecule has 0 saturated carbocycles. The minimum atomic E-state index is 0.0220. The number of nitrogens with one attached hydrogen (secondary N) is 1. The maximum Gasteiger partial charge on any atom is 0.274 e. The van der Waals surface area contributed by atoms with E-state index in [1.54, 1.807) is 0 Å². The van der Waals surface area contributed by atoms with Crippen LogP contribution in [0, 0.1) is 13.8 Å². The van der Waals surface area contributed by atoms with Crippen LogP contribution in [-0.2, 0) is 13.5 Å². The molecule has 0 bridgehead atoms. The highest BCUT2D eigenvalue weighted by Gasteiger charge is 2.34. The molecule has 3 rings (SSSR count). The van der Waals surface area contributed by atoms with Gasteiger partial charge in [0.1, 0.15) is 5.69 Å². The van der Waals surface area contributed by atoms with Crippen LogP contribution in [0.4, 0.5) is 0 Å². The standard InChI is InChI=1S/C17H25N5O/c1-5-7-13-10-14(19-18-13)17(23)22-9-6-8-15(22)16-11(2)20-21(4)12(16)3/h10,15H,5-9H2,1-4H3,(H,18,19)/t15-/m0/s1. The lowest BCUT2D eigenvalue weighted by molar-refractivity contribution is 0.0729. The Balaban J connectivity index is 1.87. The summed E-state index contributed by atoms with van der Waals surface area (Å²) in [6.45, 7) is 7.00. The molecule has 0 unspecified atom stereocenters. The van der Waals surface area contributed by atoms with E-state index in [4.69, 9.17) is 0 Å². The molecule has 1 amide bonds. The van der Waals surface area contributed by atoms with E-state index < -0.39 is 0 Å². The molecule has 124 valence electrons. The second-order valence-corrected chi connectivity index (χ2v) is 6.39. The fraction of sp³-hybridized carbons (Fsp3) is 0.588. The second kappa shape index (κ2) is 6.18. The number of aromatic amines is 1. The Morgan fingerprint density at radius 2 is 2.22 bits per heavy atom. The number of hydrogen-bond donors (Lipinski definition) is 1. The van der Waals surface area contributed by atoms with E-state index in [-0.39, 0.29) is 11.9 Å². The molecule has 1 aliphatic rings. The van der Waals surface area contributed by atoms with Gasteiger partial charge in [-0.1, -0.05) is 13.3 Å². The summed E-state index contributed by atoms with van der Waals surface area (Å²) >= 11 is 0. The van der Waals surface area contributed by atoms with Crippen molar-refractivity contribution in [3.63, 3.8) is 0 Å². The number of H-pyrrole nitrogens is 1. The van der Waals surface area contributed by atoms with Crippen molar-refractivity contribution in [1.82, 2.24) is 24.9 Å². The Labute approximate surface area is 136 Å². The molecular formula is C17H25N5O. The van der Waals surface area contributed by atoms with E-state index in [2.05, 4.69) is 29.1 Å². The van der Waals surface area contributed by atoms with Crippen LogP contribution in [0.5, 0.6) is 0 Å². The first-order valence-electron chi connectivity index (χ1n) is 8.38. The Bertz CT molecular complexity index is 715. The topological polar surface area (TPSA) is 66.8 Å². The predicted molar refractivity (Wildman–Crippen MR) is 88.3 cm³/mol. The summed E-state index contributed by atoms with van der Waals surface area (Å²) in [6.07, 6.45) is 3.97. The van der Waals surface area contributed by atoms with Crippen LogP contribution >= 0.6 is 0 Å². The van der Waals surface area contributed by atoms with Crippen molar-refractivity contribution in [3.05, 3.63) is 34.4 Å². The van der Waals surface area contributed by atoms with Crippen LogP contribution in [0.3, 0.4) is 0 Å². The van der Waals surface area contributed by atoms with Gasteiger partial charge in [0.25, 0.3) is 5.91 Å². The minimum Gasteiger partial charge on any atom is -0.330 e. The van der Waals surface area contributed by atoms with E-state index in [1.807, 2.05) is 29.6 Å². The quantitative estimate of drug-likeness (QED) is 0.943. The van der Waals surface area contributed by atoms with Crippen molar-refractivity contribution in [3.8, 4) is 0 Å². The summed E-state index contributed by atoms with van der Waals surface area (Å²) in [5, 5.41) is 11.7. The summed E-state index contributed by atoms with van der Waals surface area (Å²) in [5.41, 5.74) is 4.91. The average molecular weight is 315 g/mol. The van der Waals surface area contributed by atoms with Crippen molar-refractivity contribution in [2.24, 2.45) is 7.05 Å². The van der Waals surface area contributed by atoms with E-state index >= 15 is 0 Å². The van der Waals surface area contributed by atoms with Gasteiger partial charge in [-0.15, -0.1) is 0 Å². The lowest BCUT2D eigenvalue weighted by Crippen LogP contribution is -2.31. The number of hydrogen-bond acceptors (Lipinski definition) is 3. The smallest absolute Gasteiger partial charge is 0.274 e. The van der Waals surface area contributed by atoms with E-state index in [9.17, 15) is 4.79 Å². The normalized spacial score (nSPS) is 17.9. The molecule has 0 aliphatic carbocycles. The van der Waals surface area contributed by atoms with Gasteiger partial charge in [0.15, 0.2) is 0 Å². The minimum absolute atomic E-state index is 0.0220. The highest BCUT2D eigenvalue weighted by Crippen LogP contribution is 2.36. The number of likely N-dealkylation sites (tertiary alicyclic amines) is 1. The number of amides is 1. The number of aryl methyl sites for hydroxylation is 3. The van der Waals surface area contributed by atoms with Crippen LogP contribution in [0.1, 0.15) is 65.4 Å². The zero-order valence-corrected chi connectivity index (χ0v) is 14.4. The zero-order valence-electron chi connectivity index (χ0n) is 14.4. The Morgan fingerprint density at radius 1 is 1.43 bits per heavy atom. The van der Waals surface area contributed by atoms with Crippen molar-refractivity contribution in [1.29, 1.82) is 0 Å². The highest BCUT2D eigenvalue weighted by molar-refractivity contribution is 5.93. The first-order valence-corrected chi connectivity index (χ1v) is 8.38. The average Bonchev–Trinajstić information content (AvgIpc) is 3.20. The molecule has 1 N–H and O–H groups in total. The van der Waals surface area contributed by atoms with Gasteiger partial charge in [-0.05, 0) is 39.2 Å². The van der Waals surface area contributed by atoms with Gasteiger partial charge >= 0.3 is 0 Å². The summed E-state index contributed by atoms with van der Waals surface area (Å²) in [4.78, 5) is 14.9. The van der Waals surface area contributed by atoms with Crippen molar-refractivity contribution >= 4 is 5.91 Å². The Hall–Kier alpha value is -2.11. The van der Waals surface area contributed by atoms with Gasteiger partial charge in [-0.2, -0.15) is 10.2 Å². The van der Waals surface area contributed by atoms with Gasteiger partial charge in [0.05, 0.1) is 11.7 Å². The first kappa shape index (κ1) is 15.8. The molecule has 2 aromatic heterocycles. The molecule has 3 heterocycles. The summed E-state index contributed by atoms with van der Waals surface area (Å²) < 4.78 is 1.90. The van der Waals surface area contributed by atoms with E-state index in [0.717, 1.165) is 49.3 Å². The molecule has 1 fully saturated rings. The SMILES string of the molecule is CCCc1cc(C(=O)N2CCC[C@H]2c2c(C)nn(C)c2C)n[nH]1. The van der Waals surface area contributed by atoms with Crippen LogP contribution < -0.4 is 0 Å². The van der Waals surface area contributed by atoms with Crippen molar-refractivity contribution < 1.29 is 4.79 Å².